The fraction of sp³-hybridized carbons (Fsp3) is 0.357. The second-order valence-corrected chi connectivity index (χ2v) is 4.72. The first kappa shape index (κ1) is 14.0. The van der Waals surface area contributed by atoms with Gasteiger partial charge in [0, 0.05) is 11.6 Å². The number of carbonyl (C=O) groups excluding carboxylic acids is 1. The van der Waals surface area contributed by atoms with Crippen molar-refractivity contribution in [2.24, 2.45) is 0 Å². The zero-order valence-corrected chi connectivity index (χ0v) is 11.5. The van der Waals surface area contributed by atoms with Crippen LogP contribution in [0.3, 0.4) is 0 Å². The van der Waals surface area contributed by atoms with Gasteiger partial charge >= 0.3 is 5.97 Å². The van der Waals surface area contributed by atoms with Gasteiger partial charge in [0.15, 0.2) is 0 Å². The average molecular weight is 275 g/mol. The first-order valence-electron chi connectivity index (χ1n) is 6.48. The Morgan fingerprint density at radius 3 is 2.85 bits per heavy atom. The van der Waals surface area contributed by atoms with Gasteiger partial charge in [-0.25, -0.2) is 4.98 Å². The summed E-state index contributed by atoms with van der Waals surface area (Å²) in [5.41, 5.74) is 1.99. The number of rotatable bonds is 5. The van der Waals surface area contributed by atoms with Gasteiger partial charge in [-0.15, -0.1) is 0 Å². The Kier molecular flexibility index (Phi) is 4.02. The van der Waals surface area contributed by atoms with Crippen molar-refractivity contribution >= 4 is 22.9 Å². The van der Waals surface area contributed by atoms with E-state index < -0.39 is 5.97 Å². The van der Waals surface area contributed by atoms with Crippen LogP contribution in [0.1, 0.15) is 30.6 Å². The molecule has 0 saturated carbocycles. The van der Waals surface area contributed by atoms with Crippen LogP contribution in [-0.4, -0.2) is 44.4 Å². The Hall–Kier alpha value is -2.37. The molecule has 0 aliphatic carbocycles. The number of aromatic nitrogens is 2. The number of hydrogen-bond donors (Lipinski definition) is 2. The first-order chi connectivity index (χ1) is 9.52. The van der Waals surface area contributed by atoms with Crippen molar-refractivity contribution < 1.29 is 14.7 Å². The summed E-state index contributed by atoms with van der Waals surface area (Å²) in [5.74, 6) is -1.29. The van der Waals surface area contributed by atoms with E-state index in [9.17, 15) is 9.59 Å². The summed E-state index contributed by atoms with van der Waals surface area (Å²) in [6.07, 6.45) is 2.26. The molecule has 2 aromatic rings. The number of nitrogens with one attached hydrogen (secondary N) is 1. The molecule has 106 valence electrons. The molecule has 0 aliphatic heterocycles. The Labute approximate surface area is 116 Å². The lowest BCUT2D eigenvalue weighted by molar-refractivity contribution is -0.138. The normalized spacial score (nSPS) is 12.3. The van der Waals surface area contributed by atoms with Crippen LogP contribution < -0.4 is 0 Å². The maximum absolute atomic E-state index is 12.5. The van der Waals surface area contributed by atoms with Gasteiger partial charge in [-0.2, -0.15) is 0 Å². The third-order valence-corrected chi connectivity index (χ3v) is 3.36. The molecule has 1 atom stereocenters. The highest BCUT2D eigenvalue weighted by molar-refractivity contribution is 5.98. The van der Waals surface area contributed by atoms with Crippen LogP contribution in [0.15, 0.2) is 24.5 Å². The summed E-state index contributed by atoms with van der Waals surface area (Å²) in [6, 6.07) is 4.98. The van der Waals surface area contributed by atoms with Crippen molar-refractivity contribution in [3.63, 3.8) is 0 Å². The maximum atomic E-state index is 12.5. The van der Waals surface area contributed by atoms with Crippen LogP contribution in [0.2, 0.25) is 0 Å². The molecule has 0 bridgehead atoms. The number of aromatic amines is 1. The van der Waals surface area contributed by atoms with Crippen molar-refractivity contribution in [1.29, 1.82) is 0 Å². The standard InChI is InChI=1S/C14H17N3O3/c1-3-9(2)17(7-13(18)19)14(20)10-4-5-11-12(6-10)16-8-15-11/h4-6,8-9H,3,7H2,1-2H3,(H,15,16)(H,18,19). The Balaban J connectivity index is 2.31. The average Bonchev–Trinajstić information content (AvgIpc) is 2.90. The van der Waals surface area contributed by atoms with Crippen LogP contribution in [0.5, 0.6) is 0 Å². The minimum atomic E-state index is -1.01. The van der Waals surface area contributed by atoms with Gasteiger partial charge in [0.05, 0.1) is 17.4 Å². The molecule has 1 heterocycles. The molecule has 2 N–H and O–H groups in total. The smallest absolute Gasteiger partial charge is 0.323 e. The predicted octanol–water partition coefficient (Wildman–Crippen LogP) is 1.89. The van der Waals surface area contributed by atoms with Crippen molar-refractivity contribution in [3.8, 4) is 0 Å². The highest BCUT2D eigenvalue weighted by Gasteiger charge is 2.23. The predicted molar refractivity (Wildman–Crippen MR) is 74.5 cm³/mol. The molecular weight excluding hydrogens is 258 g/mol. The van der Waals surface area contributed by atoms with Crippen molar-refractivity contribution in [2.75, 3.05) is 6.54 Å². The minimum Gasteiger partial charge on any atom is -0.480 e. The molecule has 2 rings (SSSR count). The largest absolute Gasteiger partial charge is 0.480 e. The summed E-state index contributed by atoms with van der Waals surface area (Å²) >= 11 is 0. The van der Waals surface area contributed by atoms with Crippen molar-refractivity contribution in [3.05, 3.63) is 30.1 Å². The molecule has 6 heteroatoms. The van der Waals surface area contributed by atoms with Gasteiger partial charge in [0.1, 0.15) is 6.54 Å². The zero-order chi connectivity index (χ0) is 14.7. The second kappa shape index (κ2) is 5.73. The molecular formula is C14H17N3O3. The lowest BCUT2D eigenvalue weighted by Gasteiger charge is -2.27. The van der Waals surface area contributed by atoms with E-state index in [2.05, 4.69) is 9.97 Å². The monoisotopic (exact) mass is 275 g/mol. The number of benzene rings is 1. The number of aliphatic carboxylic acids is 1. The summed E-state index contributed by atoms with van der Waals surface area (Å²) < 4.78 is 0. The van der Waals surface area contributed by atoms with Gasteiger partial charge < -0.3 is 15.0 Å². The summed E-state index contributed by atoms with van der Waals surface area (Å²) in [5, 5.41) is 8.95. The summed E-state index contributed by atoms with van der Waals surface area (Å²) in [7, 11) is 0. The number of carbonyl (C=O) groups is 2. The van der Waals surface area contributed by atoms with E-state index in [4.69, 9.17) is 5.11 Å². The van der Waals surface area contributed by atoms with E-state index in [-0.39, 0.29) is 18.5 Å². The number of nitrogens with zero attached hydrogens (tertiary/aromatic N) is 2. The number of hydrogen-bond acceptors (Lipinski definition) is 3. The van der Waals surface area contributed by atoms with Crippen LogP contribution in [0, 0.1) is 0 Å². The summed E-state index contributed by atoms with van der Waals surface area (Å²) in [4.78, 5) is 31.8. The highest BCUT2D eigenvalue weighted by atomic mass is 16.4. The fourth-order valence-electron chi connectivity index (χ4n) is 2.03. The van der Waals surface area contributed by atoms with Crippen LogP contribution in [0.4, 0.5) is 0 Å². The lowest BCUT2D eigenvalue weighted by Crippen LogP contribution is -2.41. The molecule has 0 aliphatic rings. The topological polar surface area (TPSA) is 86.3 Å². The quantitative estimate of drug-likeness (QED) is 0.872. The van der Waals surface area contributed by atoms with E-state index in [0.717, 1.165) is 11.0 Å². The van der Waals surface area contributed by atoms with Crippen LogP contribution in [0.25, 0.3) is 11.0 Å². The number of imidazole rings is 1. The molecule has 1 aromatic carbocycles. The Bertz CT molecular complexity index is 635. The van der Waals surface area contributed by atoms with E-state index in [1.165, 1.54) is 4.90 Å². The third kappa shape index (κ3) is 2.79. The van der Waals surface area contributed by atoms with Crippen molar-refractivity contribution in [1.82, 2.24) is 14.9 Å². The van der Waals surface area contributed by atoms with Crippen molar-refractivity contribution in [2.45, 2.75) is 26.3 Å². The SMILES string of the molecule is CCC(C)N(CC(=O)O)C(=O)c1ccc2nc[nH]c2c1. The van der Waals surface area contributed by atoms with E-state index in [1.807, 2.05) is 13.8 Å². The number of H-pyrrole nitrogens is 1. The summed E-state index contributed by atoms with van der Waals surface area (Å²) in [6.45, 7) is 3.47. The Morgan fingerprint density at radius 2 is 2.20 bits per heavy atom. The van der Waals surface area contributed by atoms with Gasteiger partial charge in [-0.3, -0.25) is 9.59 Å². The molecule has 0 fully saturated rings. The molecule has 1 aromatic heterocycles. The molecule has 0 saturated heterocycles. The van der Waals surface area contributed by atoms with Gasteiger partial charge in [-0.1, -0.05) is 6.92 Å². The zero-order valence-electron chi connectivity index (χ0n) is 11.5. The molecule has 20 heavy (non-hydrogen) atoms. The molecule has 6 nitrogen and oxygen atoms in total. The minimum absolute atomic E-state index is 0.129. The molecule has 0 radical (unpaired) electrons. The molecule has 1 amide bonds. The molecule has 0 spiro atoms. The Morgan fingerprint density at radius 1 is 1.45 bits per heavy atom. The van der Waals surface area contributed by atoms with E-state index >= 15 is 0 Å². The maximum Gasteiger partial charge on any atom is 0.323 e. The molecule has 1 unspecified atom stereocenters. The van der Waals surface area contributed by atoms with Crippen LogP contribution >= 0.6 is 0 Å². The van der Waals surface area contributed by atoms with Gasteiger partial charge in [0.25, 0.3) is 5.91 Å². The van der Waals surface area contributed by atoms with E-state index in [0.29, 0.717) is 12.0 Å². The van der Waals surface area contributed by atoms with E-state index in [1.54, 1.807) is 24.5 Å². The second-order valence-electron chi connectivity index (χ2n) is 4.72. The lowest BCUT2D eigenvalue weighted by atomic mass is 10.1. The highest BCUT2D eigenvalue weighted by Crippen LogP contribution is 2.15. The number of amides is 1. The van der Waals surface area contributed by atoms with Crippen LogP contribution in [-0.2, 0) is 4.79 Å². The first-order valence-corrected chi connectivity index (χ1v) is 6.48. The van der Waals surface area contributed by atoms with Gasteiger partial charge in [-0.05, 0) is 31.5 Å². The number of carboxylic acid groups (broad SMARTS) is 1. The fourth-order valence-corrected chi connectivity index (χ4v) is 2.03. The van der Waals surface area contributed by atoms with Gasteiger partial charge in [0.2, 0.25) is 0 Å². The number of carboxylic acids is 1. The number of fused-ring (bicyclic) bond motifs is 1. The third-order valence-electron chi connectivity index (χ3n) is 3.36.